The number of alkyl carbamates (subject to hydrolysis) is 1. The number of hydrogen-bond donors (Lipinski definition) is 6. The van der Waals surface area contributed by atoms with Crippen molar-refractivity contribution in [1.29, 1.82) is 0 Å². The lowest BCUT2D eigenvalue weighted by Crippen LogP contribution is -2.81. The molecule has 1 heterocycles. The molecule has 1 aromatic carbocycles. The molecule has 0 radical (unpaired) electrons. The second kappa shape index (κ2) is 14.0. The van der Waals surface area contributed by atoms with E-state index >= 15 is 0 Å². The number of carbonyl (C=O) groups excluding carboxylic acids is 4. The molecule has 3 aliphatic carbocycles. The lowest BCUT2D eigenvalue weighted by molar-refractivity contribution is -0.343. The minimum atomic E-state index is -2.29. The topological polar surface area (TPSA) is 218 Å². The number of esters is 2. The van der Waals surface area contributed by atoms with Crippen molar-refractivity contribution >= 4 is 23.8 Å². The lowest BCUT2D eigenvalue weighted by Gasteiger charge is -2.66. The van der Waals surface area contributed by atoms with Crippen LogP contribution in [0.15, 0.2) is 53.1 Å². The fourth-order valence-electron chi connectivity index (χ4n) is 8.69. The molecular weight excluding hydrogens is 678 g/mol. The van der Waals surface area contributed by atoms with E-state index in [1.807, 2.05) is 0 Å². The van der Waals surface area contributed by atoms with Gasteiger partial charge in [0, 0.05) is 24.2 Å². The maximum Gasteiger partial charge on any atom is 0.407 e. The van der Waals surface area contributed by atoms with E-state index in [9.17, 15) is 44.7 Å². The van der Waals surface area contributed by atoms with E-state index in [1.54, 1.807) is 59.7 Å². The second-order valence-electron chi connectivity index (χ2n) is 15.9. The Hall–Kier alpha value is -3.66. The first kappa shape index (κ1) is 39.5. The van der Waals surface area contributed by atoms with E-state index in [2.05, 4.69) is 5.32 Å². The molecule has 11 atom stereocenters. The Morgan fingerprint density at radius 3 is 2.23 bits per heavy atom. The Kier molecular flexibility index (Phi) is 10.6. The van der Waals surface area contributed by atoms with Crippen LogP contribution in [0.4, 0.5) is 4.79 Å². The lowest BCUT2D eigenvalue weighted by atomic mass is 9.44. The number of allylic oxidation sites excluding steroid dienone is 1. The van der Waals surface area contributed by atoms with Crippen LogP contribution in [0.5, 0.6) is 0 Å². The first-order valence-corrected chi connectivity index (χ1v) is 17.6. The van der Waals surface area contributed by atoms with E-state index in [0.29, 0.717) is 5.57 Å². The van der Waals surface area contributed by atoms with Crippen molar-refractivity contribution in [2.75, 3.05) is 6.61 Å². The van der Waals surface area contributed by atoms with Crippen molar-refractivity contribution in [3.05, 3.63) is 58.7 Å². The number of benzene rings is 1. The summed E-state index contributed by atoms with van der Waals surface area (Å²) in [6.45, 7) is 12.3. The second-order valence-corrected chi connectivity index (χ2v) is 15.9. The summed E-state index contributed by atoms with van der Waals surface area (Å²) in [4.78, 5) is 54.6. The zero-order valence-electron chi connectivity index (χ0n) is 30.8. The summed E-state index contributed by atoms with van der Waals surface area (Å²) in [6.07, 6.45) is -10.2. The maximum absolute atomic E-state index is 14.6. The molecule has 14 heteroatoms. The van der Waals surface area contributed by atoms with E-state index in [0.717, 1.165) is 0 Å². The van der Waals surface area contributed by atoms with Gasteiger partial charge in [0.25, 0.3) is 0 Å². The number of rotatable bonds is 8. The molecule has 1 aromatic rings. The average Bonchev–Trinajstić information content (AvgIpc) is 3.06. The number of aliphatic hydroxyl groups excluding tert-OH is 3. The van der Waals surface area contributed by atoms with E-state index < -0.39 is 107 Å². The summed E-state index contributed by atoms with van der Waals surface area (Å²) in [5.74, 6) is -4.51. The number of aliphatic hydroxyl groups is 5. The summed E-state index contributed by atoms with van der Waals surface area (Å²) in [5, 5.41) is 62.5. The first-order valence-electron chi connectivity index (χ1n) is 17.6. The van der Waals surface area contributed by atoms with Crippen molar-refractivity contribution in [2.24, 2.45) is 16.7 Å². The molecule has 1 unspecified atom stereocenters. The summed E-state index contributed by atoms with van der Waals surface area (Å²) < 4.78 is 22.8. The zero-order chi connectivity index (χ0) is 38.7. The third-order valence-electron chi connectivity index (χ3n) is 11.6. The number of ketones is 1. The van der Waals surface area contributed by atoms with Gasteiger partial charge in [0.05, 0.1) is 41.9 Å². The van der Waals surface area contributed by atoms with Gasteiger partial charge in [0.1, 0.15) is 29.5 Å². The Morgan fingerprint density at radius 1 is 1.04 bits per heavy atom. The molecule has 2 bridgehead atoms. The maximum atomic E-state index is 14.6. The molecule has 52 heavy (non-hydrogen) atoms. The van der Waals surface area contributed by atoms with Gasteiger partial charge in [-0.2, -0.15) is 0 Å². The highest BCUT2D eigenvalue weighted by Crippen LogP contribution is 2.63. The fourth-order valence-corrected chi connectivity index (χ4v) is 8.69. The Morgan fingerprint density at radius 2 is 1.67 bits per heavy atom. The number of ether oxygens (including phenoxy) is 4. The molecule has 1 saturated heterocycles. The van der Waals surface area contributed by atoms with Gasteiger partial charge in [-0.1, -0.05) is 43.7 Å². The standard InChI is InChI=1S/C38H51NO13/c1-18(2)14-22(39-34(46)50-19(3)4)27(41)33(45)51-23-16-38(48)31(52-32(44)21-12-10-9-11-13-21)29-36(8,24(40)15-25-37(29,47)17-49-25)30(43)28(42)26(20(23)5)35(38,6)7/h9-14,19,22-25,27-29,31,40-42,47-48H,15-17H2,1-8H3,(H,39,46)/t22-,23?,24-,25+,27+,28+,29-,31-,36+,37-,38+/m0/s1. The highest BCUT2D eigenvalue weighted by Gasteiger charge is 2.76. The Bertz CT molecular complexity index is 1650. The van der Waals surface area contributed by atoms with Crippen molar-refractivity contribution < 1.29 is 63.7 Å². The fraction of sp³-hybridized carbons (Fsp3) is 0.632. The monoisotopic (exact) mass is 729 g/mol. The van der Waals surface area contributed by atoms with Crippen molar-refractivity contribution in [3.63, 3.8) is 0 Å². The third kappa shape index (κ3) is 6.36. The molecule has 1 aliphatic heterocycles. The summed E-state index contributed by atoms with van der Waals surface area (Å²) in [5.41, 5.74) is -6.82. The molecular formula is C38H51NO13. The highest BCUT2D eigenvalue weighted by molar-refractivity contribution is 5.94. The summed E-state index contributed by atoms with van der Waals surface area (Å²) >= 11 is 0. The largest absolute Gasteiger partial charge is 0.456 e. The van der Waals surface area contributed by atoms with E-state index in [-0.39, 0.29) is 29.7 Å². The molecule has 1 amide bonds. The van der Waals surface area contributed by atoms with Crippen LogP contribution in [-0.2, 0) is 28.5 Å². The van der Waals surface area contributed by atoms with Crippen molar-refractivity contribution in [3.8, 4) is 0 Å². The normalized spacial score (nSPS) is 36.1. The summed E-state index contributed by atoms with van der Waals surface area (Å²) in [7, 11) is 0. The van der Waals surface area contributed by atoms with Gasteiger partial charge in [0.15, 0.2) is 11.9 Å². The molecule has 2 saturated carbocycles. The number of carbonyl (C=O) groups is 4. The van der Waals surface area contributed by atoms with Crippen LogP contribution >= 0.6 is 0 Å². The van der Waals surface area contributed by atoms with Gasteiger partial charge < -0.3 is 49.8 Å². The van der Waals surface area contributed by atoms with Crippen LogP contribution in [0.25, 0.3) is 0 Å². The number of Topliss-reactive ketones (excluding diaryl/α,β-unsaturated/α-hetero) is 1. The van der Waals surface area contributed by atoms with Gasteiger partial charge >= 0.3 is 18.0 Å². The van der Waals surface area contributed by atoms with Crippen LogP contribution in [-0.4, -0.2) is 116 Å². The molecule has 14 nitrogen and oxygen atoms in total. The van der Waals surface area contributed by atoms with Gasteiger partial charge in [-0.25, -0.2) is 14.4 Å². The minimum absolute atomic E-state index is 0.0374. The Labute approximate surface area is 302 Å². The third-order valence-corrected chi connectivity index (χ3v) is 11.6. The Balaban J connectivity index is 1.63. The number of fused-ring (bicyclic) bond motifs is 5. The quantitative estimate of drug-likeness (QED) is 0.128. The zero-order valence-corrected chi connectivity index (χ0v) is 30.8. The number of amides is 1. The number of nitrogens with one attached hydrogen (secondary N) is 1. The smallest absolute Gasteiger partial charge is 0.407 e. The van der Waals surface area contributed by atoms with Gasteiger partial charge in [0.2, 0.25) is 0 Å². The number of hydrogen-bond acceptors (Lipinski definition) is 13. The average molecular weight is 730 g/mol. The van der Waals surface area contributed by atoms with Crippen molar-refractivity contribution in [1.82, 2.24) is 5.32 Å². The molecule has 4 aliphatic rings. The van der Waals surface area contributed by atoms with Crippen LogP contribution in [0, 0.1) is 16.7 Å². The highest BCUT2D eigenvalue weighted by atomic mass is 16.6. The SMILES string of the molecule is CC(C)=C[C@H](NC(=O)OC(C)C)[C@@H](O)C(=O)OC1C[C@@]2(O)[C@@H](OC(=O)c3ccccc3)[C@@H]3[C@]4(O)CO[C@@H]4C[C@H](O)[C@@]3(C)C(=O)[C@H](O)C(=C1C)C2(C)C. The van der Waals surface area contributed by atoms with Crippen LogP contribution in [0.1, 0.15) is 78.6 Å². The molecule has 0 aromatic heterocycles. The molecule has 0 spiro atoms. The first-order chi connectivity index (χ1) is 24.1. The van der Waals surface area contributed by atoms with Gasteiger partial charge in [-0.05, 0) is 64.8 Å². The molecule has 3 fully saturated rings. The van der Waals surface area contributed by atoms with Crippen LogP contribution in [0.3, 0.4) is 0 Å². The van der Waals surface area contributed by atoms with Crippen molar-refractivity contribution in [2.45, 2.75) is 128 Å². The predicted octanol–water partition coefficient (Wildman–Crippen LogP) is 1.89. The summed E-state index contributed by atoms with van der Waals surface area (Å²) in [6, 6.07) is 6.60. The van der Waals surface area contributed by atoms with Gasteiger partial charge in [-0.3, -0.25) is 4.79 Å². The molecule has 5 rings (SSSR count). The van der Waals surface area contributed by atoms with Gasteiger partial charge in [-0.15, -0.1) is 0 Å². The van der Waals surface area contributed by atoms with E-state index in [1.165, 1.54) is 32.1 Å². The predicted molar refractivity (Wildman–Crippen MR) is 183 cm³/mol. The molecule has 6 N–H and O–H groups in total. The van der Waals surface area contributed by atoms with Crippen LogP contribution < -0.4 is 5.32 Å². The molecule has 286 valence electrons. The minimum Gasteiger partial charge on any atom is -0.456 e. The van der Waals surface area contributed by atoms with Crippen LogP contribution in [0.2, 0.25) is 0 Å². The van der Waals surface area contributed by atoms with E-state index in [4.69, 9.17) is 18.9 Å².